The Hall–Kier alpha value is -0.860. The minimum absolute atomic E-state index is 0.0208. The molecule has 0 aromatic carbocycles. The molecule has 0 bridgehead atoms. The van der Waals surface area contributed by atoms with E-state index in [1.54, 1.807) is 13.0 Å². The highest BCUT2D eigenvalue weighted by molar-refractivity contribution is 5.05. The third-order valence-corrected chi connectivity index (χ3v) is 0.593. The van der Waals surface area contributed by atoms with Gasteiger partial charge < -0.3 is 4.74 Å². The maximum absolute atomic E-state index is 11.3. The SMILES string of the molecule is C=C(/C=C\C)OC(F)F. The molecule has 0 aromatic heterocycles. The topological polar surface area (TPSA) is 9.23 Å². The predicted octanol–water partition coefficient (Wildman–Crippen LogP) is 2.32. The minimum atomic E-state index is -2.77. The summed E-state index contributed by atoms with van der Waals surface area (Å²) in [5.41, 5.74) is 0. The third-order valence-electron chi connectivity index (χ3n) is 0.593. The molecular weight excluding hydrogens is 126 g/mol. The molecule has 0 saturated heterocycles. The molecule has 0 unspecified atom stereocenters. The summed E-state index contributed by atoms with van der Waals surface area (Å²) in [5, 5.41) is 0. The normalized spacial score (nSPS) is 10.7. The molecule has 0 saturated carbocycles. The van der Waals surface area contributed by atoms with Crippen molar-refractivity contribution in [1.82, 2.24) is 0 Å². The quantitative estimate of drug-likeness (QED) is 0.425. The second-order valence-corrected chi connectivity index (χ2v) is 1.34. The minimum Gasteiger partial charge on any atom is -0.435 e. The van der Waals surface area contributed by atoms with Crippen LogP contribution in [0.4, 0.5) is 8.78 Å². The second-order valence-electron chi connectivity index (χ2n) is 1.34. The summed E-state index contributed by atoms with van der Waals surface area (Å²) < 4.78 is 26.5. The predicted molar refractivity (Wildman–Crippen MR) is 31.0 cm³/mol. The van der Waals surface area contributed by atoms with Gasteiger partial charge in [0.25, 0.3) is 0 Å². The van der Waals surface area contributed by atoms with Gasteiger partial charge in [-0.1, -0.05) is 12.7 Å². The molecule has 0 amide bonds. The highest BCUT2D eigenvalue weighted by Crippen LogP contribution is 2.03. The van der Waals surface area contributed by atoms with Crippen LogP contribution in [-0.2, 0) is 4.74 Å². The molecule has 0 spiro atoms. The lowest BCUT2D eigenvalue weighted by molar-refractivity contribution is -0.0915. The summed E-state index contributed by atoms with van der Waals surface area (Å²) in [6.45, 7) is 2.12. The lowest BCUT2D eigenvalue weighted by atomic mass is 10.5. The lowest BCUT2D eigenvalue weighted by Gasteiger charge is -2.00. The van der Waals surface area contributed by atoms with E-state index in [0.29, 0.717) is 0 Å². The van der Waals surface area contributed by atoms with E-state index in [2.05, 4.69) is 11.3 Å². The molecule has 1 nitrogen and oxygen atoms in total. The molecule has 0 heterocycles. The van der Waals surface area contributed by atoms with Crippen molar-refractivity contribution in [2.75, 3.05) is 0 Å². The Bertz CT molecular complexity index is 118. The Kier molecular flexibility index (Phi) is 3.67. The monoisotopic (exact) mass is 134 g/mol. The van der Waals surface area contributed by atoms with Crippen molar-refractivity contribution >= 4 is 0 Å². The number of halogens is 2. The van der Waals surface area contributed by atoms with E-state index in [4.69, 9.17) is 0 Å². The first-order chi connectivity index (χ1) is 4.16. The fraction of sp³-hybridized carbons (Fsp3) is 0.333. The van der Waals surface area contributed by atoms with Crippen LogP contribution in [0.25, 0.3) is 0 Å². The summed E-state index contributed by atoms with van der Waals surface area (Å²) >= 11 is 0. The van der Waals surface area contributed by atoms with Crippen LogP contribution in [0.5, 0.6) is 0 Å². The van der Waals surface area contributed by atoms with Crippen molar-refractivity contribution in [2.24, 2.45) is 0 Å². The number of hydrogen-bond acceptors (Lipinski definition) is 1. The van der Waals surface area contributed by atoms with Crippen molar-refractivity contribution in [3.63, 3.8) is 0 Å². The molecule has 0 N–H and O–H groups in total. The van der Waals surface area contributed by atoms with Crippen LogP contribution in [0.3, 0.4) is 0 Å². The highest BCUT2D eigenvalue weighted by Gasteiger charge is 2.00. The lowest BCUT2D eigenvalue weighted by Crippen LogP contribution is -1.95. The summed E-state index contributed by atoms with van der Waals surface area (Å²) in [6, 6.07) is 0. The van der Waals surface area contributed by atoms with Gasteiger partial charge in [0, 0.05) is 0 Å². The summed E-state index contributed by atoms with van der Waals surface area (Å²) in [7, 11) is 0. The maximum atomic E-state index is 11.3. The van der Waals surface area contributed by atoms with E-state index in [1.165, 1.54) is 6.08 Å². The molecule has 0 aliphatic carbocycles. The summed E-state index contributed by atoms with van der Waals surface area (Å²) in [4.78, 5) is 0. The van der Waals surface area contributed by atoms with Crippen molar-refractivity contribution in [3.8, 4) is 0 Å². The van der Waals surface area contributed by atoms with Crippen LogP contribution < -0.4 is 0 Å². The molecule has 0 aliphatic rings. The van der Waals surface area contributed by atoms with E-state index in [1.807, 2.05) is 0 Å². The molecular formula is C6H8F2O. The molecule has 0 aliphatic heterocycles. The van der Waals surface area contributed by atoms with Gasteiger partial charge in [-0.25, -0.2) is 0 Å². The smallest absolute Gasteiger partial charge is 0.387 e. The Morgan fingerprint density at radius 1 is 1.67 bits per heavy atom. The molecule has 0 rings (SSSR count). The van der Waals surface area contributed by atoms with Gasteiger partial charge in [0.2, 0.25) is 0 Å². The van der Waals surface area contributed by atoms with Gasteiger partial charge in [-0.2, -0.15) is 8.78 Å². The zero-order valence-electron chi connectivity index (χ0n) is 5.10. The van der Waals surface area contributed by atoms with Crippen LogP contribution in [-0.4, -0.2) is 6.61 Å². The number of allylic oxidation sites excluding steroid dienone is 2. The van der Waals surface area contributed by atoms with E-state index < -0.39 is 6.61 Å². The first kappa shape index (κ1) is 8.14. The van der Waals surface area contributed by atoms with Crippen molar-refractivity contribution in [3.05, 3.63) is 24.5 Å². The maximum Gasteiger partial charge on any atom is 0.387 e. The van der Waals surface area contributed by atoms with Gasteiger partial charge in [-0.15, -0.1) is 0 Å². The molecule has 52 valence electrons. The molecule has 0 radical (unpaired) electrons. The Balaban J connectivity index is 3.51. The first-order valence-corrected chi connectivity index (χ1v) is 2.43. The number of hydrogen-bond donors (Lipinski definition) is 0. The standard InChI is InChI=1S/C6H8F2O/c1-3-4-5(2)9-6(7)8/h3-4,6H,2H2,1H3/b4-3-. The third kappa shape index (κ3) is 5.00. The molecule has 0 atom stereocenters. The Morgan fingerprint density at radius 2 is 2.22 bits per heavy atom. The van der Waals surface area contributed by atoms with Crippen LogP contribution in [0.1, 0.15) is 6.92 Å². The molecule has 0 fully saturated rings. The number of alkyl halides is 2. The zero-order valence-corrected chi connectivity index (χ0v) is 5.10. The zero-order chi connectivity index (χ0) is 7.28. The summed E-state index contributed by atoms with van der Waals surface area (Å²) in [6.07, 6.45) is 2.94. The second kappa shape index (κ2) is 4.06. The van der Waals surface area contributed by atoms with Gasteiger partial charge >= 0.3 is 6.61 Å². The van der Waals surface area contributed by atoms with Gasteiger partial charge in [0.05, 0.1) is 0 Å². The average Bonchev–Trinajstić information content (AvgIpc) is 1.63. The van der Waals surface area contributed by atoms with Gasteiger partial charge in [-0.3, -0.25) is 0 Å². The highest BCUT2D eigenvalue weighted by atomic mass is 19.3. The summed E-state index contributed by atoms with van der Waals surface area (Å²) in [5.74, 6) is -0.0208. The van der Waals surface area contributed by atoms with E-state index in [-0.39, 0.29) is 5.76 Å². The molecule has 0 aromatic rings. The molecule has 3 heteroatoms. The average molecular weight is 134 g/mol. The van der Waals surface area contributed by atoms with Crippen molar-refractivity contribution in [1.29, 1.82) is 0 Å². The fourth-order valence-corrected chi connectivity index (χ4v) is 0.340. The van der Waals surface area contributed by atoms with E-state index in [0.717, 1.165) is 0 Å². The van der Waals surface area contributed by atoms with Crippen LogP contribution in [0, 0.1) is 0 Å². The van der Waals surface area contributed by atoms with Gasteiger partial charge in [0.1, 0.15) is 5.76 Å². The van der Waals surface area contributed by atoms with Crippen molar-refractivity contribution < 1.29 is 13.5 Å². The largest absolute Gasteiger partial charge is 0.435 e. The molecule has 9 heavy (non-hydrogen) atoms. The van der Waals surface area contributed by atoms with Crippen LogP contribution >= 0.6 is 0 Å². The van der Waals surface area contributed by atoms with Crippen LogP contribution in [0.2, 0.25) is 0 Å². The number of rotatable bonds is 3. The van der Waals surface area contributed by atoms with Gasteiger partial charge in [-0.05, 0) is 13.0 Å². The van der Waals surface area contributed by atoms with Crippen molar-refractivity contribution in [2.45, 2.75) is 13.5 Å². The Labute approximate surface area is 52.6 Å². The van der Waals surface area contributed by atoms with Crippen LogP contribution in [0.15, 0.2) is 24.5 Å². The van der Waals surface area contributed by atoms with E-state index >= 15 is 0 Å². The van der Waals surface area contributed by atoms with E-state index in [9.17, 15) is 8.78 Å². The Morgan fingerprint density at radius 3 is 2.56 bits per heavy atom. The van der Waals surface area contributed by atoms with Gasteiger partial charge in [0.15, 0.2) is 0 Å². The number of ether oxygens (including phenoxy) is 1. The first-order valence-electron chi connectivity index (χ1n) is 2.43. The fourth-order valence-electron chi connectivity index (χ4n) is 0.340.